The van der Waals surface area contributed by atoms with Gasteiger partial charge in [-0.3, -0.25) is 13.9 Å². The quantitative estimate of drug-likeness (QED) is 0.154. The number of anilines is 1. The third kappa shape index (κ3) is 5.50. The number of nitrogen functional groups attached to an aromatic ring is 1. The number of nitrogens with one attached hydrogen (secondary N) is 2. The molecular weight excluding hydrogens is 497 g/mol. The molecule has 1 fully saturated rings. The Morgan fingerprint density at radius 3 is 2.81 bits per heavy atom. The highest BCUT2D eigenvalue weighted by Crippen LogP contribution is 2.40. The van der Waals surface area contributed by atoms with Gasteiger partial charge in [0.25, 0.3) is 0 Å². The summed E-state index contributed by atoms with van der Waals surface area (Å²) in [5.41, 5.74) is 6.17. The number of H-pyrrole nitrogens is 1. The predicted octanol–water partition coefficient (Wildman–Crippen LogP) is -0.583. The fourth-order valence-corrected chi connectivity index (χ4v) is 4.98. The van der Waals surface area contributed by atoms with Crippen molar-refractivity contribution in [1.82, 2.24) is 19.6 Å². The largest absolute Gasteiger partial charge is 0.468 e. The first-order valence-corrected chi connectivity index (χ1v) is 12.4. The van der Waals surface area contributed by atoms with Crippen molar-refractivity contribution >= 4 is 30.4 Å². The lowest BCUT2D eigenvalue weighted by atomic mass is 10.1. The van der Waals surface area contributed by atoms with E-state index in [9.17, 15) is 29.3 Å². The van der Waals surface area contributed by atoms with Gasteiger partial charge in [-0.1, -0.05) is 18.2 Å². The number of aliphatic hydroxyl groups is 2. The monoisotopic (exact) mass is 523 g/mol. The smallest absolute Gasteiger partial charge is 0.403 e. The van der Waals surface area contributed by atoms with E-state index in [0.717, 1.165) is 22.6 Å². The number of ether oxygens (including phenoxy) is 2. The third-order valence-corrected chi connectivity index (χ3v) is 6.92. The van der Waals surface area contributed by atoms with E-state index in [4.69, 9.17) is 19.7 Å². The average molecular weight is 523 g/mol. The van der Waals surface area contributed by atoms with Gasteiger partial charge < -0.3 is 35.3 Å². The summed E-state index contributed by atoms with van der Waals surface area (Å²) in [6, 6.07) is 7.42. The molecule has 194 valence electrons. The van der Waals surface area contributed by atoms with E-state index in [1.807, 2.05) is 24.3 Å². The number of esters is 1. The number of nitrogens with two attached hydrogens (primary N) is 1. The minimum absolute atomic E-state index is 0.0149. The maximum Gasteiger partial charge on any atom is 0.403 e. The van der Waals surface area contributed by atoms with Crippen LogP contribution in [0, 0.1) is 0 Å². The first-order valence-electron chi connectivity index (χ1n) is 10.8. The number of rotatable bonds is 9. The minimum atomic E-state index is -4.63. The number of carbonyl (C=O) groups excluding carboxylic acids is 1. The van der Waals surface area contributed by atoms with Crippen LogP contribution >= 0.6 is 7.75 Å². The molecule has 0 radical (unpaired) electrons. The molecule has 0 amide bonds. The molecule has 4 rings (SSSR count). The Morgan fingerprint density at radius 1 is 1.33 bits per heavy atom. The van der Waals surface area contributed by atoms with Crippen LogP contribution in [0.1, 0.15) is 11.8 Å². The SMILES string of the molecule is COC(=O)C(Cc1c[nH]c2ccccc12)NP(=O)(O)OCC1OC(n2ccc(N)nc2=O)C(O)C1O. The van der Waals surface area contributed by atoms with Crippen LogP contribution in [0.2, 0.25) is 0 Å². The summed E-state index contributed by atoms with van der Waals surface area (Å²) < 4.78 is 29.0. The molecule has 3 heterocycles. The lowest BCUT2D eigenvalue weighted by Crippen LogP contribution is -2.39. The van der Waals surface area contributed by atoms with Crippen molar-refractivity contribution in [3.63, 3.8) is 0 Å². The van der Waals surface area contributed by atoms with Crippen LogP contribution in [0.3, 0.4) is 0 Å². The molecule has 6 unspecified atom stereocenters. The zero-order chi connectivity index (χ0) is 26.0. The van der Waals surface area contributed by atoms with Crippen molar-refractivity contribution in [3.05, 3.63) is 58.8 Å². The Labute approximate surface area is 204 Å². The number of carbonyl (C=O) groups is 1. The van der Waals surface area contributed by atoms with Gasteiger partial charge in [0.05, 0.1) is 13.7 Å². The number of nitrogens with zero attached hydrogens (tertiary/aromatic N) is 2. The number of methoxy groups -OCH3 is 1. The molecular formula is C21H26N5O9P. The van der Waals surface area contributed by atoms with Crippen molar-refractivity contribution in [2.75, 3.05) is 19.5 Å². The van der Waals surface area contributed by atoms with E-state index in [0.29, 0.717) is 5.56 Å². The molecule has 36 heavy (non-hydrogen) atoms. The number of para-hydroxylation sites is 1. The Balaban J connectivity index is 1.43. The van der Waals surface area contributed by atoms with Crippen LogP contribution in [-0.2, 0) is 29.8 Å². The van der Waals surface area contributed by atoms with Gasteiger partial charge in [-0.2, -0.15) is 4.98 Å². The molecule has 0 bridgehead atoms. The van der Waals surface area contributed by atoms with Crippen molar-refractivity contribution in [1.29, 1.82) is 0 Å². The van der Waals surface area contributed by atoms with Crippen molar-refractivity contribution in [3.8, 4) is 0 Å². The van der Waals surface area contributed by atoms with E-state index in [1.54, 1.807) is 6.20 Å². The number of aromatic amines is 1. The highest BCUT2D eigenvalue weighted by molar-refractivity contribution is 7.50. The van der Waals surface area contributed by atoms with Gasteiger partial charge in [0, 0.05) is 29.7 Å². The molecule has 7 N–H and O–H groups in total. The molecule has 0 aliphatic carbocycles. The van der Waals surface area contributed by atoms with Gasteiger partial charge in [0.1, 0.15) is 30.2 Å². The van der Waals surface area contributed by atoms with Crippen LogP contribution in [0.15, 0.2) is 47.5 Å². The summed E-state index contributed by atoms with van der Waals surface area (Å²) in [6.45, 7) is -0.645. The number of aromatic nitrogens is 3. The van der Waals surface area contributed by atoms with Gasteiger partial charge in [-0.05, 0) is 17.7 Å². The normalized spacial score (nSPS) is 24.4. The summed E-state index contributed by atoms with van der Waals surface area (Å²) in [7, 11) is -3.49. The molecule has 2 aromatic heterocycles. The van der Waals surface area contributed by atoms with Gasteiger partial charge in [-0.25, -0.2) is 14.4 Å². The second kappa shape index (κ2) is 10.5. The van der Waals surface area contributed by atoms with E-state index < -0.39 is 56.6 Å². The van der Waals surface area contributed by atoms with Crippen LogP contribution < -0.4 is 16.5 Å². The third-order valence-electron chi connectivity index (χ3n) is 5.78. The van der Waals surface area contributed by atoms with E-state index >= 15 is 0 Å². The van der Waals surface area contributed by atoms with E-state index in [1.165, 1.54) is 12.3 Å². The molecule has 0 saturated carbocycles. The molecule has 14 nitrogen and oxygen atoms in total. The first kappa shape index (κ1) is 26.0. The predicted molar refractivity (Wildman–Crippen MR) is 126 cm³/mol. The number of aliphatic hydroxyl groups excluding tert-OH is 2. The fourth-order valence-electron chi connectivity index (χ4n) is 3.97. The lowest BCUT2D eigenvalue weighted by Gasteiger charge is -2.22. The van der Waals surface area contributed by atoms with Gasteiger partial charge in [0.15, 0.2) is 6.23 Å². The number of hydrogen-bond acceptors (Lipinski definition) is 10. The summed E-state index contributed by atoms with van der Waals surface area (Å²) in [5.74, 6) is -0.828. The van der Waals surface area contributed by atoms with Crippen molar-refractivity contribution in [2.45, 2.75) is 37.0 Å². The summed E-state index contributed by atoms with van der Waals surface area (Å²) in [4.78, 5) is 41.4. The number of benzene rings is 1. The topological polar surface area (TPSA) is 211 Å². The number of fused-ring (bicyclic) bond motifs is 1. The molecule has 3 aromatic rings. The fraction of sp³-hybridized carbons (Fsp3) is 0.381. The van der Waals surface area contributed by atoms with Crippen LogP contribution in [0.4, 0.5) is 5.82 Å². The summed E-state index contributed by atoms with van der Waals surface area (Å²) in [5, 5.41) is 23.8. The lowest BCUT2D eigenvalue weighted by molar-refractivity contribution is -0.142. The standard InChI is InChI=1S/C21H26N5O9P/c1-33-20(29)14(8-11-9-23-13-5-3-2-4-12(11)13)25-36(31,32)34-10-15-17(27)18(28)19(35-15)26-7-6-16(22)24-21(26)30/h2-7,9,14-15,17-19,23,27-28H,8,10H2,1H3,(H2,22,24,30)(H2,25,31,32). The molecule has 1 aliphatic heterocycles. The minimum Gasteiger partial charge on any atom is -0.468 e. The summed E-state index contributed by atoms with van der Waals surface area (Å²) >= 11 is 0. The Kier molecular flexibility index (Phi) is 7.57. The van der Waals surface area contributed by atoms with Crippen LogP contribution in [0.25, 0.3) is 10.9 Å². The Bertz CT molecular complexity index is 1340. The van der Waals surface area contributed by atoms with Gasteiger partial charge in [0.2, 0.25) is 0 Å². The van der Waals surface area contributed by atoms with Crippen LogP contribution in [-0.4, -0.2) is 73.7 Å². The highest BCUT2D eigenvalue weighted by atomic mass is 31.2. The van der Waals surface area contributed by atoms with E-state index in [-0.39, 0.29) is 12.2 Å². The Hall–Kier alpha value is -3.10. The molecule has 1 aromatic carbocycles. The first-order chi connectivity index (χ1) is 17.1. The molecule has 1 saturated heterocycles. The number of hydrogen-bond donors (Lipinski definition) is 6. The second-order valence-corrected chi connectivity index (χ2v) is 9.73. The molecule has 15 heteroatoms. The maximum atomic E-state index is 12.8. The zero-order valence-corrected chi connectivity index (χ0v) is 19.9. The van der Waals surface area contributed by atoms with Gasteiger partial charge in [-0.15, -0.1) is 0 Å². The maximum absolute atomic E-state index is 12.8. The molecule has 1 aliphatic rings. The summed E-state index contributed by atoms with van der Waals surface area (Å²) in [6.07, 6.45) is -2.78. The van der Waals surface area contributed by atoms with E-state index in [2.05, 4.69) is 15.1 Å². The Morgan fingerprint density at radius 2 is 2.08 bits per heavy atom. The van der Waals surface area contributed by atoms with Crippen LogP contribution in [0.5, 0.6) is 0 Å². The molecule has 0 spiro atoms. The zero-order valence-electron chi connectivity index (χ0n) is 19.1. The average Bonchev–Trinajstić information content (AvgIpc) is 3.37. The highest BCUT2D eigenvalue weighted by Gasteiger charge is 2.45. The van der Waals surface area contributed by atoms with Crippen molar-refractivity contribution in [2.24, 2.45) is 0 Å². The van der Waals surface area contributed by atoms with Crippen molar-refractivity contribution < 1.29 is 38.5 Å². The van der Waals surface area contributed by atoms with Gasteiger partial charge >= 0.3 is 19.4 Å². The second-order valence-electron chi connectivity index (χ2n) is 8.17. The molecule has 6 atom stereocenters.